The molecule has 1 aromatic rings. The second kappa shape index (κ2) is 4.53. The first-order chi connectivity index (χ1) is 7.10. The number of hydrogen-bond donors (Lipinski definition) is 1. The molecule has 1 saturated heterocycles. The SMILES string of the molecule is CC1OCCC1(C)NCc1ccc(Br)s1. The van der Waals surface area contributed by atoms with E-state index in [0.29, 0.717) is 6.10 Å². The molecule has 1 fully saturated rings. The fourth-order valence-electron chi connectivity index (χ4n) is 1.80. The largest absolute Gasteiger partial charge is 0.377 e. The van der Waals surface area contributed by atoms with Gasteiger partial charge in [-0.2, -0.15) is 0 Å². The van der Waals surface area contributed by atoms with Gasteiger partial charge in [0, 0.05) is 23.6 Å². The van der Waals surface area contributed by atoms with Crippen molar-refractivity contribution >= 4 is 27.3 Å². The van der Waals surface area contributed by atoms with Crippen molar-refractivity contribution in [1.29, 1.82) is 0 Å². The van der Waals surface area contributed by atoms with Crippen molar-refractivity contribution in [2.45, 2.75) is 38.5 Å². The van der Waals surface area contributed by atoms with Gasteiger partial charge in [0.15, 0.2) is 0 Å². The van der Waals surface area contributed by atoms with E-state index >= 15 is 0 Å². The summed E-state index contributed by atoms with van der Waals surface area (Å²) >= 11 is 5.26. The zero-order chi connectivity index (χ0) is 10.9. The zero-order valence-electron chi connectivity index (χ0n) is 9.05. The van der Waals surface area contributed by atoms with E-state index in [0.717, 1.165) is 19.6 Å². The van der Waals surface area contributed by atoms with Gasteiger partial charge in [0.05, 0.1) is 9.89 Å². The van der Waals surface area contributed by atoms with Gasteiger partial charge in [-0.25, -0.2) is 0 Å². The molecule has 2 nitrogen and oxygen atoms in total. The maximum Gasteiger partial charge on any atom is 0.0726 e. The summed E-state index contributed by atoms with van der Waals surface area (Å²) in [6.07, 6.45) is 1.40. The molecular formula is C11H16BrNOS. The number of thiophene rings is 1. The van der Waals surface area contributed by atoms with Crippen LogP contribution in [0.3, 0.4) is 0 Å². The highest BCUT2D eigenvalue weighted by atomic mass is 79.9. The molecule has 0 bridgehead atoms. The highest BCUT2D eigenvalue weighted by Crippen LogP contribution is 2.27. The van der Waals surface area contributed by atoms with E-state index in [2.05, 4.69) is 47.2 Å². The Hall–Kier alpha value is 0.1000. The van der Waals surface area contributed by atoms with Crippen LogP contribution in [0.1, 0.15) is 25.1 Å². The van der Waals surface area contributed by atoms with E-state index in [-0.39, 0.29) is 5.54 Å². The van der Waals surface area contributed by atoms with Crippen LogP contribution in [0.15, 0.2) is 15.9 Å². The molecule has 0 radical (unpaired) electrons. The van der Waals surface area contributed by atoms with Crippen molar-refractivity contribution in [3.63, 3.8) is 0 Å². The second-order valence-electron chi connectivity index (χ2n) is 4.24. The van der Waals surface area contributed by atoms with Crippen LogP contribution in [-0.2, 0) is 11.3 Å². The number of halogens is 1. The van der Waals surface area contributed by atoms with Gasteiger partial charge in [0.25, 0.3) is 0 Å². The Morgan fingerprint density at radius 1 is 1.67 bits per heavy atom. The third-order valence-electron chi connectivity index (χ3n) is 3.18. The normalized spacial score (nSPS) is 31.0. The lowest BCUT2D eigenvalue weighted by molar-refractivity contribution is 0.0882. The van der Waals surface area contributed by atoms with E-state index in [1.807, 2.05) is 0 Å². The van der Waals surface area contributed by atoms with Gasteiger partial charge in [0.2, 0.25) is 0 Å². The van der Waals surface area contributed by atoms with Crippen LogP contribution in [0.25, 0.3) is 0 Å². The number of nitrogens with one attached hydrogen (secondary N) is 1. The second-order valence-corrected chi connectivity index (χ2v) is 6.79. The summed E-state index contributed by atoms with van der Waals surface area (Å²) in [7, 11) is 0. The first-order valence-corrected chi connectivity index (χ1v) is 6.82. The van der Waals surface area contributed by atoms with Crippen LogP contribution in [0, 0.1) is 0 Å². The maximum atomic E-state index is 5.59. The van der Waals surface area contributed by atoms with E-state index in [1.165, 1.54) is 8.66 Å². The molecule has 0 saturated carbocycles. The fourth-order valence-corrected chi connectivity index (χ4v) is 3.23. The maximum absolute atomic E-state index is 5.59. The lowest BCUT2D eigenvalue weighted by Crippen LogP contribution is -2.47. The van der Waals surface area contributed by atoms with Crippen LogP contribution in [-0.4, -0.2) is 18.2 Å². The van der Waals surface area contributed by atoms with Gasteiger partial charge in [-0.05, 0) is 48.3 Å². The van der Waals surface area contributed by atoms with Crippen LogP contribution < -0.4 is 5.32 Å². The highest BCUT2D eigenvalue weighted by molar-refractivity contribution is 9.11. The molecule has 84 valence electrons. The van der Waals surface area contributed by atoms with E-state index < -0.39 is 0 Å². The lowest BCUT2D eigenvalue weighted by Gasteiger charge is -2.28. The Labute approximate surface area is 103 Å². The van der Waals surface area contributed by atoms with Gasteiger partial charge in [-0.1, -0.05) is 0 Å². The average molecular weight is 290 g/mol. The van der Waals surface area contributed by atoms with Crippen molar-refractivity contribution in [3.8, 4) is 0 Å². The van der Waals surface area contributed by atoms with Gasteiger partial charge in [0.1, 0.15) is 0 Å². The van der Waals surface area contributed by atoms with Crippen molar-refractivity contribution in [1.82, 2.24) is 5.32 Å². The topological polar surface area (TPSA) is 21.3 Å². The van der Waals surface area contributed by atoms with Crippen molar-refractivity contribution in [2.24, 2.45) is 0 Å². The molecule has 1 N–H and O–H groups in total. The molecule has 4 heteroatoms. The van der Waals surface area contributed by atoms with E-state index in [9.17, 15) is 0 Å². The van der Waals surface area contributed by atoms with Gasteiger partial charge < -0.3 is 10.1 Å². The van der Waals surface area contributed by atoms with Crippen LogP contribution in [0.2, 0.25) is 0 Å². The molecule has 0 aromatic carbocycles. The summed E-state index contributed by atoms with van der Waals surface area (Å²) < 4.78 is 6.79. The van der Waals surface area contributed by atoms with E-state index in [4.69, 9.17) is 4.74 Å². The molecule has 0 spiro atoms. The predicted octanol–water partition coefficient (Wildman–Crippen LogP) is 3.17. The van der Waals surface area contributed by atoms with Crippen molar-refractivity contribution in [2.75, 3.05) is 6.61 Å². The molecular weight excluding hydrogens is 274 g/mol. The fraction of sp³-hybridized carbons (Fsp3) is 0.636. The number of ether oxygens (including phenoxy) is 1. The molecule has 1 aliphatic heterocycles. The van der Waals surface area contributed by atoms with Gasteiger partial charge >= 0.3 is 0 Å². The van der Waals surface area contributed by atoms with Gasteiger partial charge in [-0.15, -0.1) is 11.3 Å². The van der Waals surface area contributed by atoms with Crippen molar-refractivity contribution in [3.05, 3.63) is 20.8 Å². The summed E-state index contributed by atoms with van der Waals surface area (Å²) in [4.78, 5) is 1.36. The minimum Gasteiger partial charge on any atom is -0.377 e. The summed E-state index contributed by atoms with van der Waals surface area (Å²) in [6.45, 7) is 6.19. The third-order valence-corrected chi connectivity index (χ3v) is 4.81. The minimum atomic E-state index is 0.135. The Bertz CT molecular complexity index is 341. The smallest absolute Gasteiger partial charge is 0.0726 e. The third kappa shape index (κ3) is 2.61. The average Bonchev–Trinajstić information content (AvgIpc) is 2.73. The summed E-state index contributed by atoms with van der Waals surface area (Å²) in [5.41, 5.74) is 0.135. The highest BCUT2D eigenvalue weighted by Gasteiger charge is 2.36. The zero-order valence-corrected chi connectivity index (χ0v) is 11.5. The van der Waals surface area contributed by atoms with Crippen LogP contribution in [0.4, 0.5) is 0 Å². The number of hydrogen-bond acceptors (Lipinski definition) is 3. The monoisotopic (exact) mass is 289 g/mol. The number of rotatable bonds is 3. The Morgan fingerprint density at radius 3 is 3.00 bits per heavy atom. The lowest BCUT2D eigenvalue weighted by atomic mass is 9.95. The molecule has 2 atom stereocenters. The standard InChI is InChI=1S/C11H16BrNOS/c1-8-11(2,5-6-14-8)13-7-9-3-4-10(12)15-9/h3-4,8,13H,5-7H2,1-2H3. The Kier molecular flexibility index (Phi) is 3.50. The molecule has 2 heterocycles. The minimum absolute atomic E-state index is 0.135. The molecule has 1 aliphatic rings. The Balaban J connectivity index is 1.92. The first-order valence-electron chi connectivity index (χ1n) is 5.21. The van der Waals surface area contributed by atoms with Crippen molar-refractivity contribution < 1.29 is 4.74 Å². The molecule has 1 aromatic heterocycles. The summed E-state index contributed by atoms with van der Waals surface area (Å²) in [5.74, 6) is 0. The van der Waals surface area contributed by atoms with Gasteiger partial charge in [-0.3, -0.25) is 0 Å². The molecule has 0 aliphatic carbocycles. The summed E-state index contributed by atoms with van der Waals surface area (Å²) in [6, 6.07) is 4.25. The summed E-state index contributed by atoms with van der Waals surface area (Å²) in [5, 5.41) is 3.60. The molecule has 2 rings (SSSR count). The predicted molar refractivity (Wildman–Crippen MR) is 67.3 cm³/mol. The molecule has 0 amide bonds. The quantitative estimate of drug-likeness (QED) is 0.923. The molecule has 2 unspecified atom stereocenters. The van der Waals surface area contributed by atoms with E-state index in [1.54, 1.807) is 11.3 Å². The Morgan fingerprint density at radius 2 is 2.47 bits per heavy atom. The molecule has 15 heavy (non-hydrogen) atoms. The first kappa shape index (κ1) is 11.6. The van der Waals surface area contributed by atoms with Crippen LogP contribution >= 0.6 is 27.3 Å². The van der Waals surface area contributed by atoms with Crippen LogP contribution in [0.5, 0.6) is 0 Å².